The topological polar surface area (TPSA) is 78.7 Å². The lowest BCUT2D eigenvalue weighted by Gasteiger charge is -2.12. The van der Waals surface area contributed by atoms with Crippen LogP contribution in [0, 0.1) is 10.1 Å². The van der Waals surface area contributed by atoms with E-state index in [1.807, 2.05) is 0 Å². The van der Waals surface area contributed by atoms with Gasteiger partial charge in [0.25, 0.3) is 5.69 Å². The maximum atomic E-state index is 12.7. The van der Waals surface area contributed by atoms with Gasteiger partial charge in [-0.3, -0.25) is 10.1 Å². The van der Waals surface area contributed by atoms with Gasteiger partial charge in [-0.25, -0.2) is 4.79 Å². The highest BCUT2D eigenvalue weighted by Crippen LogP contribution is 2.34. The Balaban J connectivity index is 2.42. The summed E-state index contributed by atoms with van der Waals surface area (Å²) in [7, 11) is 1.06. The van der Waals surface area contributed by atoms with E-state index < -0.39 is 22.6 Å². The fourth-order valence-electron chi connectivity index (χ4n) is 1.85. The van der Waals surface area contributed by atoms with E-state index in [1.165, 1.54) is 6.07 Å². The fraction of sp³-hybridized carbons (Fsp3) is 0.133. The number of methoxy groups -OCH3 is 1. The van der Waals surface area contributed by atoms with Gasteiger partial charge in [0.1, 0.15) is 17.1 Å². The number of nitro groups is 1. The van der Waals surface area contributed by atoms with Crippen molar-refractivity contribution in [2.45, 2.75) is 6.18 Å². The summed E-state index contributed by atoms with van der Waals surface area (Å²) in [4.78, 5) is 21.8. The summed E-state index contributed by atoms with van der Waals surface area (Å²) < 4.78 is 47.9. The molecule has 2 aromatic carbocycles. The summed E-state index contributed by atoms with van der Waals surface area (Å²) >= 11 is 0. The van der Waals surface area contributed by atoms with Gasteiger partial charge in [-0.2, -0.15) is 13.2 Å². The van der Waals surface area contributed by atoms with Crippen molar-refractivity contribution in [2.24, 2.45) is 0 Å². The van der Waals surface area contributed by atoms with Crippen LogP contribution in [0.25, 0.3) is 0 Å². The molecule has 24 heavy (non-hydrogen) atoms. The van der Waals surface area contributed by atoms with Gasteiger partial charge in [-0.05, 0) is 24.3 Å². The van der Waals surface area contributed by atoms with Crippen LogP contribution in [0.15, 0.2) is 42.5 Å². The minimum atomic E-state index is -4.56. The maximum Gasteiger partial charge on any atom is 0.416 e. The molecule has 0 spiro atoms. The smallest absolute Gasteiger partial charge is 0.416 e. The molecule has 0 aliphatic carbocycles. The molecule has 0 saturated carbocycles. The molecule has 2 rings (SSSR count). The molecule has 0 amide bonds. The Morgan fingerprint density at radius 1 is 1.17 bits per heavy atom. The van der Waals surface area contributed by atoms with Crippen molar-refractivity contribution in [1.82, 2.24) is 0 Å². The number of esters is 1. The van der Waals surface area contributed by atoms with Crippen LogP contribution in [0.4, 0.5) is 18.9 Å². The highest BCUT2D eigenvalue weighted by atomic mass is 19.4. The predicted molar refractivity (Wildman–Crippen MR) is 76.0 cm³/mol. The average molecular weight is 341 g/mol. The second-order valence-corrected chi connectivity index (χ2v) is 4.56. The number of benzene rings is 2. The third kappa shape index (κ3) is 3.80. The number of ether oxygens (including phenoxy) is 2. The Hall–Kier alpha value is -3.10. The summed E-state index contributed by atoms with van der Waals surface area (Å²) in [6.45, 7) is 0. The molecule has 0 radical (unpaired) electrons. The molecule has 126 valence electrons. The van der Waals surface area contributed by atoms with Crippen LogP contribution < -0.4 is 4.74 Å². The van der Waals surface area contributed by atoms with E-state index in [0.29, 0.717) is 0 Å². The van der Waals surface area contributed by atoms with Crippen molar-refractivity contribution < 1.29 is 32.4 Å². The number of nitrogens with zero attached hydrogens (tertiary/aromatic N) is 1. The van der Waals surface area contributed by atoms with Crippen molar-refractivity contribution in [3.8, 4) is 11.5 Å². The Labute approximate surface area is 133 Å². The van der Waals surface area contributed by atoms with E-state index in [2.05, 4.69) is 4.74 Å². The molecule has 0 atom stereocenters. The Kier molecular flexibility index (Phi) is 4.72. The van der Waals surface area contributed by atoms with Gasteiger partial charge in [0.2, 0.25) is 0 Å². The average Bonchev–Trinajstić information content (AvgIpc) is 2.53. The minimum Gasteiger partial charge on any atom is -0.465 e. The molecule has 0 saturated heterocycles. The molecule has 0 aliphatic heterocycles. The first-order chi connectivity index (χ1) is 11.2. The van der Waals surface area contributed by atoms with Gasteiger partial charge in [0, 0.05) is 12.1 Å². The van der Waals surface area contributed by atoms with Gasteiger partial charge in [-0.15, -0.1) is 0 Å². The number of carbonyl (C=O) groups is 1. The van der Waals surface area contributed by atoms with Crippen LogP contribution in [0.3, 0.4) is 0 Å². The molecule has 0 heterocycles. The Morgan fingerprint density at radius 2 is 1.88 bits per heavy atom. The molecule has 0 N–H and O–H groups in total. The number of hydrogen-bond donors (Lipinski definition) is 0. The molecule has 6 nitrogen and oxygen atoms in total. The molecule has 0 bridgehead atoms. The lowest BCUT2D eigenvalue weighted by atomic mass is 10.1. The number of halogens is 3. The SMILES string of the molecule is COC(=O)c1cc([N+](=O)[O-])ccc1Oc1cccc(C(F)(F)F)c1. The number of nitro benzene ring substituents is 1. The van der Waals surface area contributed by atoms with Crippen molar-refractivity contribution >= 4 is 11.7 Å². The number of non-ortho nitro benzene ring substituents is 1. The summed E-state index contributed by atoms with van der Waals surface area (Å²) in [5, 5.41) is 10.8. The van der Waals surface area contributed by atoms with Crippen molar-refractivity contribution in [2.75, 3.05) is 7.11 Å². The maximum absolute atomic E-state index is 12.7. The summed E-state index contributed by atoms with van der Waals surface area (Å²) in [5.74, 6) is -1.25. The standard InChI is InChI=1S/C15H10F3NO5/c1-23-14(20)12-8-10(19(21)22)5-6-13(12)24-11-4-2-3-9(7-11)15(16,17)18/h2-8H,1H3. The third-order valence-corrected chi connectivity index (χ3v) is 2.97. The third-order valence-electron chi connectivity index (χ3n) is 2.97. The zero-order valence-electron chi connectivity index (χ0n) is 12.2. The largest absolute Gasteiger partial charge is 0.465 e. The highest BCUT2D eigenvalue weighted by molar-refractivity contribution is 5.93. The van der Waals surface area contributed by atoms with Crippen LogP contribution in [0.1, 0.15) is 15.9 Å². The lowest BCUT2D eigenvalue weighted by molar-refractivity contribution is -0.384. The molecule has 0 fully saturated rings. The lowest BCUT2D eigenvalue weighted by Crippen LogP contribution is -2.06. The van der Waals surface area contributed by atoms with E-state index in [9.17, 15) is 28.1 Å². The second kappa shape index (κ2) is 6.57. The van der Waals surface area contributed by atoms with Gasteiger partial charge >= 0.3 is 12.1 Å². The normalized spacial score (nSPS) is 11.0. The van der Waals surface area contributed by atoms with Crippen LogP contribution >= 0.6 is 0 Å². The van der Waals surface area contributed by atoms with Crippen molar-refractivity contribution in [3.63, 3.8) is 0 Å². The van der Waals surface area contributed by atoms with Crippen molar-refractivity contribution in [1.29, 1.82) is 0 Å². The first-order valence-corrected chi connectivity index (χ1v) is 6.44. The van der Waals surface area contributed by atoms with Crippen molar-refractivity contribution in [3.05, 3.63) is 63.7 Å². The first-order valence-electron chi connectivity index (χ1n) is 6.44. The van der Waals surface area contributed by atoms with E-state index >= 15 is 0 Å². The van der Waals surface area contributed by atoms with Crippen LogP contribution in [0.5, 0.6) is 11.5 Å². The predicted octanol–water partition coefficient (Wildman–Crippen LogP) is 4.19. The van der Waals surface area contributed by atoms with Crippen LogP contribution in [0.2, 0.25) is 0 Å². The molecule has 9 heteroatoms. The zero-order valence-corrected chi connectivity index (χ0v) is 12.2. The number of alkyl halides is 3. The summed E-state index contributed by atoms with van der Waals surface area (Å²) in [6.07, 6.45) is -4.56. The summed E-state index contributed by atoms with van der Waals surface area (Å²) in [6, 6.07) is 7.13. The Morgan fingerprint density at radius 3 is 2.46 bits per heavy atom. The van der Waals surface area contributed by atoms with E-state index in [1.54, 1.807) is 0 Å². The van der Waals surface area contributed by atoms with Gasteiger partial charge in [0.15, 0.2) is 0 Å². The quantitative estimate of drug-likeness (QED) is 0.473. The highest BCUT2D eigenvalue weighted by Gasteiger charge is 2.30. The molecule has 0 aromatic heterocycles. The van der Waals surface area contributed by atoms with E-state index in [4.69, 9.17) is 4.74 Å². The van der Waals surface area contributed by atoms with Gasteiger partial charge < -0.3 is 9.47 Å². The number of carbonyl (C=O) groups excluding carboxylic acids is 1. The Bertz CT molecular complexity index is 789. The monoisotopic (exact) mass is 341 g/mol. The van der Waals surface area contributed by atoms with E-state index in [0.717, 1.165) is 43.5 Å². The first kappa shape index (κ1) is 17.3. The summed E-state index contributed by atoms with van der Waals surface area (Å²) in [5.41, 5.74) is -1.59. The molecule has 0 aliphatic rings. The molecular weight excluding hydrogens is 331 g/mol. The number of hydrogen-bond acceptors (Lipinski definition) is 5. The number of rotatable bonds is 4. The molecule has 2 aromatic rings. The van der Waals surface area contributed by atoms with E-state index in [-0.39, 0.29) is 22.7 Å². The second-order valence-electron chi connectivity index (χ2n) is 4.56. The van der Waals surface area contributed by atoms with Gasteiger partial charge in [-0.1, -0.05) is 6.07 Å². The molecule has 0 unspecified atom stereocenters. The molecular formula is C15H10F3NO5. The van der Waals surface area contributed by atoms with Crippen LogP contribution in [-0.2, 0) is 10.9 Å². The van der Waals surface area contributed by atoms with Crippen LogP contribution in [-0.4, -0.2) is 18.0 Å². The zero-order chi connectivity index (χ0) is 17.9. The minimum absolute atomic E-state index is 0.160. The van der Waals surface area contributed by atoms with Gasteiger partial charge in [0.05, 0.1) is 17.6 Å². The fourth-order valence-corrected chi connectivity index (χ4v) is 1.85.